The number of halogens is 1. The molecule has 1 unspecified atom stereocenters. The van der Waals surface area contributed by atoms with E-state index in [0.717, 1.165) is 5.57 Å². The highest BCUT2D eigenvalue weighted by Crippen LogP contribution is 2.30. The van der Waals surface area contributed by atoms with Crippen LogP contribution in [0, 0.1) is 5.92 Å². The van der Waals surface area contributed by atoms with Crippen molar-refractivity contribution in [1.82, 2.24) is 0 Å². The van der Waals surface area contributed by atoms with Crippen LogP contribution in [0.2, 0.25) is 0 Å². The van der Waals surface area contributed by atoms with Crippen molar-refractivity contribution >= 4 is 12.4 Å². The molecule has 4 heteroatoms. The number of hydrogen-bond donors (Lipinski definition) is 2. The Morgan fingerprint density at radius 1 is 1.23 bits per heavy atom. The van der Waals surface area contributed by atoms with Crippen molar-refractivity contribution in [2.45, 2.75) is 0 Å². The first-order valence-corrected chi connectivity index (χ1v) is 3.61. The van der Waals surface area contributed by atoms with E-state index < -0.39 is 0 Å². The Hall–Kier alpha value is -1.35. The normalized spacial score (nSPS) is 24.3. The first-order valence-electron chi connectivity index (χ1n) is 3.61. The maximum atomic E-state index is 9.40. The predicted octanol–water partition coefficient (Wildman–Crippen LogP) is 2.35. The molecular weight excluding hydrogens is 192 g/mol. The van der Waals surface area contributed by atoms with Crippen molar-refractivity contribution in [1.29, 1.82) is 0 Å². The Morgan fingerprint density at radius 2 is 2.00 bits per heavy atom. The van der Waals surface area contributed by atoms with E-state index in [9.17, 15) is 5.11 Å². The fourth-order valence-corrected chi connectivity index (χ4v) is 1.24. The molecule has 1 heterocycles. The van der Waals surface area contributed by atoms with Gasteiger partial charge in [-0.3, -0.25) is 0 Å². The molecule has 70 valence electrons. The molecule has 1 aliphatic heterocycles. The molecule has 2 aliphatic rings. The fraction of sp³-hybridized carbons (Fsp3) is 0.111. The lowest BCUT2D eigenvalue weighted by molar-refractivity contribution is 0.296. The highest BCUT2D eigenvalue weighted by atomic mass is 35.5. The number of rotatable bonds is 0. The molecule has 0 saturated carbocycles. The Balaban J connectivity index is 0.000000845. The van der Waals surface area contributed by atoms with Gasteiger partial charge in [-0.15, -0.1) is 12.4 Å². The summed E-state index contributed by atoms with van der Waals surface area (Å²) >= 11 is 0. The van der Waals surface area contributed by atoms with E-state index in [1.807, 2.05) is 0 Å². The summed E-state index contributed by atoms with van der Waals surface area (Å²) in [6.07, 6.45) is 7.87. The number of ether oxygens (including phenoxy) is 1. The monoisotopic (exact) mass is 200 g/mol. The van der Waals surface area contributed by atoms with Gasteiger partial charge in [0.1, 0.15) is 5.76 Å². The van der Waals surface area contributed by atoms with Crippen LogP contribution in [0.15, 0.2) is 47.8 Å². The van der Waals surface area contributed by atoms with E-state index in [1.165, 1.54) is 12.3 Å². The summed E-state index contributed by atoms with van der Waals surface area (Å²) in [5.74, 6) is -0.351. The summed E-state index contributed by atoms with van der Waals surface area (Å²) < 4.78 is 4.91. The van der Waals surface area contributed by atoms with Gasteiger partial charge in [0.25, 0.3) is 0 Å². The van der Waals surface area contributed by atoms with Crippen LogP contribution in [0.5, 0.6) is 0 Å². The molecule has 0 fully saturated rings. The van der Waals surface area contributed by atoms with Gasteiger partial charge in [0.05, 0.1) is 18.4 Å². The average Bonchev–Trinajstić information content (AvgIpc) is 2.12. The number of aliphatic hydroxyl groups is 2. The molecule has 13 heavy (non-hydrogen) atoms. The molecule has 0 aromatic heterocycles. The maximum Gasteiger partial charge on any atom is 0.153 e. The highest BCUT2D eigenvalue weighted by Gasteiger charge is 2.23. The third kappa shape index (κ3) is 1.55. The van der Waals surface area contributed by atoms with E-state index in [0.29, 0.717) is 0 Å². The van der Waals surface area contributed by atoms with Crippen LogP contribution in [0.4, 0.5) is 0 Å². The zero-order chi connectivity index (χ0) is 8.55. The van der Waals surface area contributed by atoms with Gasteiger partial charge in [-0.05, 0) is 12.2 Å². The van der Waals surface area contributed by atoms with E-state index in [4.69, 9.17) is 9.84 Å². The minimum absolute atomic E-state index is 0. The topological polar surface area (TPSA) is 49.7 Å². The molecule has 0 saturated heterocycles. The average molecular weight is 201 g/mol. The third-order valence-electron chi connectivity index (χ3n) is 1.90. The molecule has 0 bridgehead atoms. The van der Waals surface area contributed by atoms with Crippen molar-refractivity contribution < 1.29 is 14.9 Å². The summed E-state index contributed by atoms with van der Waals surface area (Å²) in [5, 5.41) is 18.6. The Kier molecular flexibility index (Phi) is 2.68. The van der Waals surface area contributed by atoms with Gasteiger partial charge in [-0.2, -0.15) is 0 Å². The number of aliphatic hydroxyl groups excluding tert-OH is 2. The first kappa shape index (κ1) is 9.74. The van der Waals surface area contributed by atoms with Crippen molar-refractivity contribution in [3.8, 4) is 0 Å². The van der Waals surface area contributed by atoms with E-state index in [-0.39, 0.29) is 29.8 Å². The lowest BCUT2D eigenvalue weighted by atomic mass is 9.92. The maximum absolute atomic E-state index is 9.40. The summed E-state index contributed by atoms with van der Waals surface area (Å²) in [4.78, 5) is 0. The Labute approximate surface area is 81.7 Å². The van der Waals surface area contributed by atoms with Gasteiger partial charge in [0.2, 0.25) is 0 Å². The van der Waals surface area contributed by atoms with Crippen LogP contribution >= 0.6 is 12.4 Å². The van der Waals surface area contributed by atoms with E-state index in [1.54, 1.807) is 18.4 Å². The molecule has 0 radical (unpaired) electrons. The second-order valence-electron chi connectivity index (χ2n) is 2.66. The van der Waals surface area contributed by atoms with Crippen LogP contribution in [0.3, 0.4) is 0 Å². The van der Waals surface area contributed by atoms with Crippen LogP contribution in [0.25, 0.3) is 0 Å². The largest absolute Gasteiger partial charge is 0.507 e. The van der Waals surface area contributed by atoms with Gasteiger partial charge in [-0.25, -0.2) is 0 Å². The van der Waals surface area contributed by atoms with Gasteiger partial charge in [-0.1, -0.05) is 6.08 Å². The van der Waals surface area contributed by atoms with Gasteiger partial charge < -0.3 is 14.9 Å². The highest BCUT2D eigenvalue weighted by molar-refractivity contribution is 5.85. The van der Waals surface area contributed by atoms with Crippen LogP contribution in [0.1, 0.15) is 0 Å². The summed E-state index contributed by atoms with van der Waals surface area (Å²) in [5.41, 5.74) is 0.841. The number of fused-ring (bicyclic) bond motifs is 1. The molecule has 3 nitrogen and oxygen atoms in total. The minimum atomic E-state index is -0.247. The van der Waals surface area contributed by atoms with Crippen molar-refractivity contribution in [3.05, 3.63) is 47.8 Å². The van der Waals surface area contributed by atoms with Crippen LogP contribution in [-0.4, -0.2) is 10.2 Å². The van der Waals surface area contributed by atoms with Gasteiger partial charge >= 0.3 is 0 Å². The van der Waals surface area contributed by atoms with Crippen molar-refractivity contribution in [2.75, 3.05) is 0 Å². The zero-order valence-electron chi connectivity index (χ0n) is 6.68. The quantitative estimate of drug-likeness (QED) is 0.631. The lowest BCUT2D eigenvalue weighted by Crippen LogP contribution is -2.11. The number of allylic oxidation sites excluding steroid dienone is 3. The molecule has 2 rings (SSSR count). The predicted molar refractivity (Wildman–Crippen MR) is 50.5 cm³/mol. The lowest BCUT2D eigenvalue weighted by Gasteiger charge is -2.20. The second kappa shape index (κ2) is 3.58. The molecule has 0 spiro atoms. The molecular formula is C9H9ClO3. The first-order chi connectivity index (χ1) is 5.79. The fourth-order valence-electron chi connectivity index (χ4n) is 1.24. The SMILES string of the molecule is Cl.OC1=C(O)C2C=COC=C2C=C1. The molecule has 1 aliphatic carbocycles. The van der Waals surface area contributed by atoms with Crippen LogP contribution < -0.4 is 0 Å². The molecule has 0 amide bonds. The summed E-state index contributed by atoms with van der Waals surface area (Å²) in [7, 11) is 0. The van der Waals surface area contributed by atoms with Crippen molar-refractivity contribution in [3.63, 3.8) is 0 Å². The molecule has 0 aromatic carbocycles. The summed E-state index contributed by atoms with van der Waals surface area (Å²) in [6.45, 7) is 0. The van der Waals surface area contributed by atoms with E-state index >= 15 is 0 Å². The smallest absolute Gasteiger partial charge is 0.153 e. The zero-order valence-corrected chi connectivity index (χ0v) is 7.49. The minimum Gasteiger partial charge on any atom is -0.507 e. The van der Waals surface area contributed by atoms with E-state index in [2.05, 4.69) is 0 Å². The van der Waals surface area contributed by atoms with Gasteiger partial charge in [0.15, 0.2) is 5.76 Å². The van der Waals surface area contributed by atoms with Gasteiger partial charge in [0, 0.05) is 5.57 Å². The molecule has 1 atom stereocenters. The standard InChI is InChI=1S/C9H8O3.ClH/c10-8-2-1-6-5-12-4-3-7(6)9(8)11;/h1-5,7,10-11H;1H. The molecule has 0 aromatic rings. The Morgan fingerprint density at radius 3 is 2.77 bits per heavy atom. The summed E-state index contributed by atoms with van der Waals surface area (Å²) in [6, 6.07) is 0. The third-order valence-corrected chi connectivity index (χ3v) is 1.90. The second-order valence-corrected chi connectivity index (χ2v) is 2.66. The molecule has 2 N–H and O–H groups in total. The van der Waals surface area contributed by atoms with Crippen molar-refractivity contribution in [2.24, 2.45) is 5.92 Å². The number of hydrogen-bond acceptors (Lipinski definition) is 3. The Bertz CT molecular complexity index is 326. The van der Waals surface area contributed by atoms with Crippen LogP contribution in [-0.2, 0) is 4.74 Å².